The molecule has 1 heterocycles. The molecule has 0 fully saturated rings. The number of benzene rings is 1. The molecule has 1 aromatic heterocycles. The van der Waals surface area contributed by atoms with Crippen LogP contribution in [0.1, 0.15) is 15.9 Å². The summed E-state index contributed by atoms with van der Waals surface area (Å²) in [6, 6.07) is 11.4. The van der Waals surface area contributed by atoms with Gasteiger partial charge in [0.15, 0.2) is 0 Å². The quantitative estimate of drug-likeness (QED) is 0.860. The van der Waals surface area contributed by atoms with Gasteiger partial charge in [-0.2, -0.15) is 0 Å². The predicted octanol–water partition coefficient (Wildman–Crippen LogP) is 2.10. The van der Waals surface area contributed by atoms with Gasteiger partial charge in [0.2, 0.25) is 0 Å². The normalized spacial score (nSPS) is 9.95. The van der Waals surface area contributed by atoms with Crippen LogP contribution < -0.4 is 10.6 Å². The number of anilines is 1. The number of carbonyl (C=O) groups excluding carboxylic acids is 1. The molecule has 98 valence electrons. The first-order valence-corrected chi connectivity index (χ1v) is 6.25. The summed E-state index contributed by atoms with van der Waals surface area (Å²) in [5.74, 6) is -0.0613. The Kier molecular flexibility index (Phi) is 4.50. The summed E-state index contributed by atoms with van der Waals surface area (Å²) in [5.41, 5.74) is 2.61. The molecule has 0 atom stereocenters. The van der Waals surface area contributed by atoms with Crippen molar-refractivity contribution in [3.8, 4) is 0 Å². The van der Waals surface area contributed by atoms with Gasteiger partial charge in [-0.3, -0.25) is 9.78 Å². The van der Waals surface area contributed by atoms with E-state index >= 15 is 0 Å². The molecule has 0 saturated carbocycles. The largest absolute Gasteiger partial charge is 0.387 e. The zero-order valence-corrected chi connectivity index (χ0v) is 10.9. The SMILES string of the molecule is CNc1ccccc1C(=O)NCCc1cccnc1. The van der Waals surface area contributed by atoms with E-state index in [-0.39, 0.29) is 5.91 Å². The van der Waals surface area contributed by atoms with Crippen LogP contribution in [0.4, 0.5) is 5.69 Å². The molecule has 19 heavy (non-hydrogen) atoms. The van der Waals surface area contributed by atoms with E-state index in [1.54, 1.807) is 6.20 Å². The summed E-state index contributed by atoms with van der Waals surface area (Å²) in [4.78, 5) is 16.1. The summed E-state index contributed by atoms with van der Waals surface area (Å²) < 4.78 is 0. The van der Waals surface area contributed by atoms with Crippen molar-refractivity contribution in [3.05, 3.63) is 59.9 Å². The Morgan fingerprint density at radius 1 is 1.21 bits per heavy atom. The highest BCUT2D eigenvalue weighted by atomic mass is 16.1. The summed E-state index contributed by atoms with van der Waals surface area (Å²) in [5, 5.41) is 5.93. The van der Waals surface area contributed by atoms with Gasteiger partial charge in [0.25, 0.3) is 5.91 Å². The van der Waals surface area contributed by atoms with Crippen molar-refractivity contribution in [2.45, 2.75) is 6.42 Å². The zero-order chi connectivity index (χ0) is 13.5. The minimum Gasteiger partial charge on any atom is -0.387 e. The Hall–Kier alpha value is -2.36. The molecule has 2 rings (SSSR count). The number of para-hydroxylation sites is 1. The van der Waals surface area contributed by atoms with Gasteiger partial charge in [0, 0.05) is 31.7 Å². The van der Waals surface area contributed by atoms with Gasteiger partial charge < -0.3 is 10.6 Å². The fourth-order valence-corrected chi connectivity index (χ4v) is 1.86. The van der Waals surface area contributed by atoms with Crippen LogP contribution in [0.2, 0.25) is 0 Å². The molecule has 0 aliphatic carbocycles. The van der Waals surface area contributed by atoms with Crippen molar-refractivity contribution in [1.29, 1.82) is 0 Å². The van der Waals surface area contributed by atoms with E-state index in [0.717, 1.165) is 17.7 Å². The first-order valence-electron chi connectivity index (χ1n) is 6.25. The lowest BCUT2D eigenvalue weighted by Gasteiger charge is -2.09. The summed E-state index contributed by atoms with van der Waals surface area (Å²) in [7, 11) is 1.81. The second kappa shape index (κ2) is 6.54. The van der Waals surface area contributed by atoms with E-state index in [1.807, 2.05) is 49.6 Å². The highest BCUT2D eigenvalue weighted by Gasteiger charge is 2.08. The third-order valence-electron chi connectivity index (χ3n) is 2.86. The number of hydrogen-bond acceptors (Lipinski definition) is 3. The van der Waals surface area contributed by atoms with E-state index in [4.69, 9.17) is 0 Å². The molecule has 0 spiro atoms. The second-order valence-corrected chi connectivity index (χ2v) is 4.16. The first-order chi connectivity index (χ1) is 9.31. The fraction of sp³-hybridized carbons (Fsp3) is 0.200. The Balaban J connectivity index is 1.91. The van der Waals surface area contributed by atoms with E-state index < -0.39 is 0 Å². The molecule has 4 nitrogen and oxygen atoms in total. The van der Waals surface area contributed by atoms with Gasteiger partial charge in [-0.25, -0.2) is 0 Å². The maximum Gasteiger partial charge on any atom is 0.253 e. The van der Waals surface area contributed by atoms with Crippen molar-refractivity contribution in [2.24, 2.45) is 0 Å². The number of carbonyl (C=O) groups is 1. The maximum atomic E-state index is 12.0. The number of pyridine rings is 1. The average molecular weight is 255 g/mol. The minimum absolute atomic E-state index is 0.0613. The lowest BCUT2D eigenvalue weighted by atomic mass is 10.1. The molecule has 0 radical (unpaired) electrons. The van der Waals surface area contributed by atoms with Gasteiger partial charge in [-0.15, -0.1) is 0 Å². The standard InChI is InChI=1S/C15H17N3O/c1-16-14-7-3-2-6-13(14)15(19)18-10-8-12-5-4-9-17-11-12/h2-7,9,11,16H,8,10H2,1H3,(H,18,19). The lowest BCUT2D eigenvalue weighted by Crippen LogP contribution is -2.26. The fourth-order valence-electron chi connectivity index (χ4n) is 1.86. The van der Waals surface area contributed by atoms with Gasteiger partial charge in [0.1, 0.15) is 0 Å². The Labute approximate surface area is 112 Å². The molecule has 0 saturated heterocycles. The van der Waals surface area contributed by atoms with Crippen molar-refractivity contribution >= 4 is 11.6 Å². The van der Waals surface area contributed by atoms with Crippen LogP contribution in [0.5, 0.6) is 0 Å². The first kappa shape index (κ1) is 13.1. The van der Waals surface area contributed by atoms with Crippen LogP contribution in [0, 0.1) is 0 Å². The van der Waals surface area contributed by atoms with Crippen molar-refractivity contribution in [3.63, 3.8) is 0 Å². The predicted molar refractivity (Wildman–Crippen MR) is 76.3 cm³/mol. The third-order valence-corrected chi connectivity index (χ3v) is 2.86. The highest BCUT2D eigenvalue weighted by Crippen LogP contribution is 2.13. The number of rotatable bonds is 5. The van der Waals surface area contributed by atoms with Gasteiger partial charge in [-0.1, -0.05) is 18.2 Å². The number of nitrogens with one attached hydrogen (secondary N) is 2. The summed E-state index contributed by atoms with van der Waals surface area (Å²) in [6.45, 7) is 0.600. The zero-order valence-electron chi connectivity index (χ0n) is 10.9. The van der Waals surface area contributed by atoms with Gasteiger partial charge in [-0.05, 0) is 30.2 Å². The van der Waals surface area contributed by atoms with E-state index in [2.05, 4.69) is 15.6 Å². The molecule has 0 bridgehead atoms. The topological polar surface area (TPSA) is 54.0 Å². The molecule has 0 aliphatic heterocycles. The molecule has 1 amide bonds. The number of amides is 1. The van der Waals surface area contributed by atoms with E-state index in [0.29, 0.717) is 12.1 Å². The van der Waals surface area contributed by atoms with Crippen molar-refractivity contribution in [1.82, 2.24) is 10.3 Å². The van der Waals surface area contributed by atoms with Crippen molar-refractivity contribution in [2.75, 3.05) is 18.9 Å². The molecule has 0 aliphatic rings. The van der Waals surface area contributed by atoms with Gasteiger partial charge >= 0.3 is 0 Å². The lowest BCUT2D eigenvalue weighted by molar-refractivity contribution is 0.0955. The molecule has 2 aromatic rings. The molecule has 0 unspecified atom stereocenters. The van der Waals surface area contributed by atoms with Crippen LogP contribution in [0.15, 0.2) is 48.8 Å². The Bertz CT molecular complexity index is 540. The summed E-state index contributed by atoms with van der Waals surface area (Å²) in [6.07, 6.45) is 4.33. The van der Waals surface area contributed by atoms with Crippen molar-refractivity contribution < 1.29 is 4.79 Å². The van der Waals surface area contributed by atoms with Gasteiger partial charge in [0.05, 0.1) is 5.56 Å². The Morgan fingerprint density at radius 3 is 2.79 bits per heavy atom. The molecule has 4 heteroatoms. The van der Waals surface area contributed by atoms with E-state index in [9.17, 15) is 4.79 Å². The van der Waals surface area contributed by atoms with Crippen LogP contribution in [-0.4, -0.2) is 24.5 Å². The van der Waals surface area contributed by atoms with Crippen LogP contribution in [0.25, 0.3) is 0 Å². The summed E-state index contributed by atoms with van der Waals surface area (Å²) >= 11 is 0. The minimum atomic E-state index is -0.0613. The second-order valence-electron chi connectivity index (χ2n) is 4.16. The van der Waals surface area contributed by atoms with Crippen LogP contribution in [0.3, 0.4) is 0 Å². The van der Waals surface area contributed by atoms with Crippen LogP contribution in [-0.2, 0) is 6.42 Å². The molecular formula is C15H17N3O. The Morgan fingerprint density at radius 2 is 2.05 bits per heavy atom. The smallest absolute Gasteiger partial charge is 0.253 e. The molecule has 2 N–H and O–H groups in total. The number of hydrogen-bond donors (Lipinski definition) is 2. The number of aromatic nitrogens is 1. The average Bonchev–Trinajstić information content (AvgIpc) is 2.48. The molecular weight excluding hydrogens is 238 g/mol. The van der Waals surface area contributed by atoms with Crippen LogP contribution >= 0.6 is 0 Å². The molecule has 1 aromatic carbocycles. The maximum absolute atomic E-state index is 12.0. The third kappa shape index (κ3) is 3.55. The monoisotopic (exact) mass is 255 g/mol. The van der Waals surface area contributed by atoms with E-state index in [1.165, 1.54) is 0 Å². The highest BCUT2D eigenvalue weighted by molar-refractivity contribution is 5.99. The number of nitrogens with zero attached hydrogens (tertiary/aromatic N) is 1.